The Bertz CT molecular complexity index is 457. The van der Waals surface area contributed by atoms with Crippen LogP contribution in [0.2, 0.25) is 0 Å². The molecule has 2 N–H and O–H groups in total. The van der Waals surface area contributed by atoms with E-state index in [1.807, 2.05) is 0 Å². The minimum absolute atomic E-state index is 0. The van der Waals surface area contributed by atoms with Gasteiger partial charge in [0.15, 0.2) is 0 Å². The molecule has 1 rings (SSSR count). The molecule has 92 valence electrons. The molecule has 0 radical (unpaired) electrons. The van der Waals surface area contributed by atoms with Crippen molar-refractivity contribution in [2.24, 2.45) is 0 Å². The molecule has 0 fully saturated rings. The zero-order chi connectivity index (χ0) is 12.2. The number of phenols is 1. The number of rotatable bonds is 5. The first-order chi connectivity index (χ1) is 7.45. The first-order valence-electron chi connectivity index (χ1n) is 5.24. The third-order valence-electron chi connectivity index (χ3n) is 2.40. The van der Waals surface area contributed by atoms with Gasteiger partial charge in [-0.2, -0.15) is 8.42 Å². The molecule has 17 heavy (non-hydrogen) atoms. The SMILES string of the molecule is CCCCCc1ccc(S(=O)(=O)O)cc1O.[NaH]. The van der Waals surface area contributed by atoms with Gasteiger partial charge in [-0.3, -0.25) is 4.55 Å². The maximum absolute atomic E-state index is 10.8. The van der Waals surface area contributed by atoms with Gasteiger partial charge in [0.1, 0.15) is 5.75 Å². The molecule has 0 bridgehead atoms. The van der Waals surface area contributed by atoms with E-state index in [1.54, 1.807) is 0 Å². The standard InChI is InChI=1S/C11H16O4S.Na.H/c1-2-3-4-5-9-6-7-10(8-11(9)12)16(13,14)15;;/h6-8,12H,2-5H2,1H3,(H,13,14,15);;. The molecule has 0 aliphatic carbocycles. The summed E-state index contributed by atoms with van der Waals surface area (Å²) < 4.78 is 30.4. The number of unbranched alkanes of at least 4 members (excludes halogenated alkanes) is 2. The van der Waals surface area contributed by atoms with E-state index in [9.17, 15) is 13.5 Å². The van der Waals surface area contributed by atoms with E-state index in [2.05, 4.69) is 6.92 Å². The van der Waals surface area contributed by atoms with Crippen molar-refractivity contribution in [3.05, 3.63) is 23.8 Å². The molecule has 0 saturated heterocycles. The summed E-state index contributed by atoms with van der Waals surface area (Å²) >= 11 is 0. The van der Waals surface area contributed by atoms with E-state index in [0.29, 0.717) is 12.0 Å². The van der Waals surface area contributed by atoms with E-state index in [0.717, 1.165) is 25.3 Å². The van der Waals surface area contributed by atoms with Crippen LogP contribution < -0.4 is 0 Å². The fraction of sp³-hybridized carbons (Fsp3) is 0.455. The van der Waals surface area contributed by atoms with Gasteiger partial charge in [-0.1, -0.05) is 25.8 Å². The minimum atomic E-state index is -4.23. The van der Waals surface area contributed by atoms with Crippen LogP contribution in [0.15, 0.2) is 23.1 Å². The molecule has 0 amide bonds. The zero-order valence-corrected chi connectivity index (χ0v) is 10.00. The maximum atomic E-state index is 10.8. The molecule has 0 aromatic heterocycles. The topological polar surface area (TPSA) is 74.6 Å². The van der Waals surface area contributed by atoms with Gasteiger partial charge in [-0.05, 0) is 24.5 Å². The molecular weight excluding hydrogens is 251 g/mol. The summed E-state index contributed by atoms with van der Waals surface area (Å²) in [5, 5.41) is 9.58. The Morgan fingerprint density at radius 1 is 1.24 bits per heavy atom. The van der Waals surface area contributed by atoms with Gasteiger partial charge in [0.2, 0.25) is 0 Å². The van der Waals surface area contributed by atoms with E-state index in [1.165, 1.54) is 12.1 Å². The number of aromatic hydroxyl groups is 1. The van der Waals surface area contributed by atoms with E-state index in [4.69, 9.17) is 4.55 Å². The normalized spacial score (nSPS) is 10.9. The quantitative estimate of drug-likeness (QED) is 0.484. The molecule has 4 nitrogen and oxygen atoms in total. The average Bonchev–Trinajstić information content (AvgIpc) is 2.19. The number of aryl methyl sites for hydroxylation is 1. The van der Waals surface area contributed by atoms with E-state index in [-0.39, 0.29) is 40.2 Å². The summed E-state index contributed by atoms with van der Waals surface area (Å²) in [4.78, 5) is -0.274. The Morgan fingerprint density at radius 3 is 2.35 bits per heavy atom. The van der Waals surface area contributed by atoms with Crippen molar-refractivity contribution in [2.75, 3.05) is 0 Å². The van der Waals surface area contributed by atoms with Gasteiger partial charge in [-0.15, -0.1) is 0 Å². The Hall–Kier alpha value is -0.0700. The first-order valence-corrected chi connectivity index (χ1v) is 6.68. The van der Waals surface area contributed by atoms with Crippen LogP contribution in [0.4, 0.5) is 0 Å². The summed E-state index contributed by atoms with van der Waals surface area (Å²) in [6.45, 7) is 2.08. The van der Waals surface area contributed by atoms with Crippen LogP contribution in [-0.2, 0) is 16.5 Å². The summed E-state index contributed by atoms with van der Waals surface area (Å²) in [5.74, 6) is -0.0776. The third-order valence-corrected chi connectivity index (χ3v) is 3.25. The Kier molecular flexibility index (Phi) is 7.35. The molecule has 0 heterocycles. The number of hydrogen-bond donors (Lipinski definition) is 2. The number of hydrogen-bond acceptors (Lipinski definition) is 3. The second-order valence-electron chi connectivity index (χ2n) is 3.72. The molecule has 0 saturated carbocycles. The first kappa shape index (κ1) is 16.9. The van der Waals surface area contributed by atoms with Crippen molar-refractivity contribution < 1.29 is 18.1 Å². The summed E-state index contributed by atoms with van der Waals surface area (Å²) in [7, 11) is -4.23. The van der Waals surface area contributed by atoms with Crippen LogP contribution >= 0.6 is 0 Å². The van der Waals surface area contributed by atoms with Crippen molar-refractivity contribution in [3.8, 4) is 5.75 Å². The monoisotopic (exact) mass is 268 g/mol. The molecular formula is C11H17NaO4S. The molecule has 1 aromatic rings. The van der Waals surface area contributed by atoms with Gasteiger partial charge in [0.05, 0.1) is 4.90 Å². The summed E-state index contributed by atoms with van der Waals surface area (Å²) in [5.41, 5.74) is 0.709. The average molecular weight is 268 g/mol. The fourth-order valence-electron chi connectivity index (χ4n) is 1.48. The van der Waals surface area contributed by atoms with Crippen molar-refractivity contribution in [1.29, 1.82) is 0 Å². The third kappa shape index (κ3) is 5.40. The molecule has 0 aliphatic rings. The van der Waals surface area contributed by atoms with Crippen molar-refractivity contribution in [2.45, 2.75) is 37.5 Å². The Balaban J connectivity index is 0.00000256. The van der Waals surface area contributed by atoms with E-state index >= 15 is 0 Å². The van der Waals surface area contributed by atoms with Gasteiger partial charge >= 0.3 is 29.6 Å². The second-order valence-corrected chi connectivity index (χ2v) is 5.14. The second kappa shape index (κ2) is 7.38. The Labute approximate surface area is 124 Å². The van der Waals surface area contributed by atoms with Crippen molar-refractivity contribution >= 4 is 39.7 Å². The van der Waals surface area contributed by atoms with Crippen LogP contribution in [0, 0.1) is 0 Å². The number of phenolic OH excluding ortho intramolecular Hbond substituents is 1. The predicted molar refractivity (Wildman–Crippen MR) is 68.3 cm³/mol. The summed E-state index contributed by atoms with van der Waals surface area (Å²) in [6.07, 6.45) is 3.82. The van der Waals surface area contributed by atoms with E-state index < -0.39 is 10.1 Å². The number of benzene rings is 1. The van der Waals surface area contributed by atoms with Crippen molar-refractivity contribution in [3.63, 3.8) is 0 Å². The van der Waals surface area contributed by atoms with Crippen LogP contribution in [-0.4, -0.2) is 47.6 Å². The van der Waals surface area contributed by atoms with Gasteiger partial charge in [0, 0.05) is 6.07 Å². The molecule has 0 unspecified atom stereocenters. The van der Waals surface area contributed by atoms with Crippen LogP contribution in [0.3, 0.4) is 0 Å². The van der Waals surface area contributed by atoms with Crippen molar-refractivity contribution in [1.82, 2.24) is 0 Å². The van der Waals surface area contributed by atoms with Gasteiger partial charge in [-0.25, -0.2) is 0 Å². The van der Waals surface area contributed by atoms with Gasteiger partial charge in [0.25, 0.3) is 10.1 Å². The molecule has 6 heteroatoms. The molecule has 0 spiro atoms. The van der Waals surface area contributed by atoms with Crippen LogP contribution in [0.5, 0.6) is 5.75 Å². The predicted octanol–water partition coefficient (Wildman–Crippen LogP) is 1.72. The molecule has 1 aromatic carbocycles. The molecule has 0 atom stereocenters. The fourth-order valence-corrected chi connectivity index (χ4v) is 1.98. The van der Waals surface area contributed by atoms with Crippen LogP contribution in [0.1, 0.15) is 31.7 Å². The molecule has 0 aliphatic heterocycles. The summed E-state index contributed by atoms with van der Waals surface area (Å²) in [6, 6.07) is 3.92. The zero-order valence-electron chi connectivity index (χ0n) is 9.18. The Morgan fingerprint density at radius 2 is 1.88 bits per heavy atom. The van der Waals surface area contributed by atoms with Crippen LogP contribution in [0.25, 0.3) is 0 Å². The van der Waals surface area contributed by atoms with Gasteiger partial charge < -0.3 is 5.11 Å².